The maximum atomic E-state index is 11.8. The Morgan fingerprint density at radius 2 is 2.00 bits per heavy atom. The highest BCUT2D eigenvalue weighted by Crippen LogP contribution is 2.22. The minimum absolute atomic E-state index is 0.0313. The summed E-state index contributed by atoms with van der Waals surface area (Å²) in [4.78, 5) is 13.5. The van der Waals surface area contributed by atoms with Gasteiger partial charge in [0.05, 0.1) is 6.10 Å². The van der Waals surface area contributed by atoms with Crippen LogP contribution in [0.15, 0.2) is 18.2 Å². The van der Waals surface area contributed by atoms with Gasteiger partial charge in [0, 0.05) is 13.1 Å². The molecule has 1 rings (SSSR count). The first kappa shape index (κ1) is 15.5. The second-order valence-corrected chi connectivity index (χ2v) is 5.09. The van der Waals surface area contributed by atoms with Gasteiger partial charge in [-0.25, -0.2) is 0 Å². The van der Waals surface area contributed by atoms with Crippen molar-refractivity contribution in [2.24, 2.45) is 0 Å². The van der Waals surface area contributed by atoms with Crippen LogP contribution in [0.1, 0.15) is 38.0 Å². The molecule has 1 amide bonds. The van der Waals surface area contributed by atoms with Crippen molar-refractivity contribution in [1.82, 2.24) is 4.90 Å². The lowest BCUT2D eigenvalue weighted by molar-refractivity contribution is -0.133. The Hall–Kier alpha value is -1.55. The molecule has 0 aliphatic carbocycles. The van der Waals surface area contributed by atoms with Gasteiger partial charge >= 0.3 is 0 Å². The summed E-state index contributed by atoms with van der Waals surface area (Å²) in [5.74, 6) is 0.629. The van der Waals surface area contributed by atoms with Crippen LogP contribution in [-0.2, 0) is 4.79 Å². The van der Waals surface area contributed by atoms with Gasteiger partial charge in [-0.2, -0.15) is 0 Å². The lowest BCUT2D eigenvalue weighted by Gasteiger charge is -2.21. The van der Waals surface area contributed by atoms with Crippen LogP contribution in [0.5, 0.6) is 5.75 Å². The van der Waals surface area contributed by atoms with E-state index in [4.69, 9.17) is 4.74 Å². The van der Waals surface area contributed by atoms with Crippen LogP contribution < -0.4 is 4.74 Å². The molecule has 0 aliphatic heterocycles. The summed E-state index contributed by atoms with van der Waals surface area (Å²) >= 11 is 0. The number of aliphatic hydroxyl groups excluding tert-OH is 1. The van der Waals surface area contributed by atoms with Crippen LogP contribution in [0.3, 0.4) is 0 Å². The molecule has 1 aromatic rings. The number of likely N-dealkylation sites (N-methyl/N-ethyl adjacent to an activating group) is 1. The topological polar surface area (TPSA) is 49.8 Å². The Morgan fingerprint density at radius 3 is 2.47 bits per heavy atom. The zero-order valence-electron chi connectivity index (χ0n) is 12.3. The second-order valence-electron chi connectivity index (χ2n) is 5.09. The Labute approximate surface area is 115 Å². The van der Waals surface area contributed by atoms with E-state index >= 15 is 0 Å². The van der Waals surface area contributed by atoms with E-state index in [0.29, 0.717) is 5.75 Å². The van der Waals surface area contributed by atoms with Crippen molar-refractivity contribution in [3.8, 4) is 5.75 Å². The molecule has 4 heteroatoms. The highest BCUT2D eigenvalue weighted by molar-refractivity contribution is 5.77. The predicted octanol–water partition coefficient (Wildman–Crippen LogP) is 2.29. The average Bonchev–Trinajstić information content (AvgIpc) is 2.35. The quantitative estimate of drug-likeness (QED) is 0.888. The molecular weight excluding hydrogens is 242 g/mol. The molecular formula is C15H23NO3. The van der Waals surface area contributed by atoms with Gasteiger partial charge in [0.2, 0.25) is 0 Å². The van der Waals surface area contributed by atoms with Crippen molar-refractivity contribution >= 4 is 5.91 Å². The van der Waals surface area contributed by atoms with Crippen molar-refractivity contribution in [1.29, 1.82) is 0 Å². The molecule has 4 nitrogen and oxygen atoms in total. The number of hydrogen-bond acceptors (Lipinski definition) is 3. The fourth-order valence-corrected chi connectivity index (χ4v) is 1.62. The molecule has 1 atom stereocenters. The van der Waals surface area contributed by atoms with E-state index in [1.165, 1.54) is 0 Å². The minimum Gasteiger partial charge on any atom is -0.484 e. The molecule has 0 unspecified atom stereocenters. The fourth-order valence-electron chi connectivity index (χ4n) is 1.62. The van der Waals surface area contributed by atoms with E-state index in [9.17, 15) is 9.90 Å². The lowest BCUT2D eigenvalue weighted by Crippen LogP contribution is -2.36. The Kier molecular flexibility index (Phi) is 5.36. The molecule has 0 aromatic heterocycles. The smallest absolute Gasteiger partial charge is 0.260 e. The molecule has 0 fully saturated rings. The standard InChI is InChI=1S/C15H23NO3/c1-10(2)16(5)15(18)9-19-14-7-6-13(12(4)17)8-11(14)3/h6-8,10,12,17H,9H2,1-5H3/t12-/m0/s1. The molecule has 0 saturated carbocycles. The van der Waals surface area contributed by atoms with Gasteiger partial charge in [0.25, 0.3) is 5.91 Å². The SMILES string of the molecule is Cc1cc([C@H](C)O)ccc1OCC(=O)N(C)C(C)C. The molecule has 0 radical (unpaired) electrons. The Balaban J connectivity index is 2.66. The highest BCUT2D eigenvalue weighted by Gasteiger charge is 2.13. The largest absolute Gasteiger partial charge is 0.484 e. The molecule has 0 bridgehead atoms. The Bertz CT molecular complexity index is 441. The van der Waals surface area contributed by atoms with Crippen LogP contribution in [0.2, 0.25) is 0 Å². The average molecular weight is 265 g/mol. The number of amides is 1. The first-order valence-electron chi connectivity index (χ1n) is 6.50. The monoisotopic (exact) mass is 265 g/mol. The van der Waals surface area contributed by atoms with Crippen molar-refractivity contribution in [3.05, 3.63) is 29.3 Å². The third kappa shape index (κ3) is 4.24. The second kappa shape index (κ2) is 6.57. The zero-order valence-corrected chi connectivity index (χ0v) is 12.3. The number of carbonyl (C=O) groups excluding carboxylic acids is 1. The number of benzene rings is 1. The van der Waals surface area contributed by atoms with Gasteiger partial charge in [0.15, 0.2) is 6.61 Å². The summed E-state index contributed by atoms with van der Waals surface area (Å²) in [5.41, 5.74) is 1.76. The van der Waals surface area contributed by atoms with Gasteiger partial charge < -0.3 is 14.7 Å². The van der Waals surface area contributed by atoms with E-state index in [-0.39, 0.29) is 18.6 Å². The molecule has 19 heavy (non-hydrogen) atoms. The first-order valence-corrected chi connectivity index (χ1v) is 6.50. The summed E-state index contributed by atoms with van der Waals surface area (Å²) in [5, 5.41) is 9.49. The van der Waals surface area contributed by atoms with Gasteiger partial charge in [-0.05, 0) is 51.0 Å². The van der Waals surface area contributed by atoms with Crippen molar-refractivity contribution < 1.29 is 14.6 Å². The third-order valence-corrected chi connectivity index (χ3v) is 3.20. The van der Waals surface area contributed by atoms with E-state index in [2.05, 4.69) is 0 Å². The highest BCUT2D eigenvalue weighted by atomic mass is 16.5. The van der Waals surface area contributed by atoms with Gasteiger partial charge in [-0.1, -0.05) is 6.07 Å². The zero-order chi connectivity index (χ0) is 14.6. The summed E-state index contributed by atoms with van der Waals surface area (Å²) in [6.07, 6.45) is -0.499. The lowest BCUT2D eigenvalue weighted by atomic mass is 10.1. The van der Waals surface area contributed by atoms with E-state index in [1.54, 1.807) is 24.9 Å². The number of ether oxygens (including phenoxy) is 1. The van der Waals surface area contributed by atoms with E-state index in [1.807, 2.05) is 32.9 Å². The van der Waals surface area contributed by atoms with Gasteiger partial charge in [-0.3, -0.25) is 4.79 Å². The predicted molar refractivity (Wildman–Crippen MR) is 75.2 cm³/mol. The van der Waals surface area contributed by atoms with E-state index in [0.717, 1.165) is 11.1 Å². The molecule has 0 aliphatic rings. The normalized spacial score (nSPS) is 12.4. The fraction of sp³-hybridized carbons (Fsp3) is 0.533. The number of hydrogen-bond donors (Lipinski definition) is 1. The number of aliphatic hydroxyl groups is 1. The molecule has 0 heterocycles. The van der Waals surface area contributed by atoms with Gasteiger partial charge in [-0.15, -0.1) is 0 Å². The third-order valence-electron chi connectivity index (χ3n) is 3.20. The van der Waals surface area contributed by atoms with Crippen LogP contribution in [-0.4, -0.2) is 35.6 Å². The number of rotatable bonds is 5. The minimum atomic E-state index is -0.499. The summed E-state index contributed by atoms with van der Waals surface area (Å²) in [7, 11) is 1.76. The van der Waals surface area contributed by atoms with Crippen LogP contribution in [0.4, 0.5) is 0 Å². The van der Waals surface area contributed by atoms with Crippen LogP contribution in [0, 0.1) is 6.92 Å². The maximum absolute atomic E-state index is 11.8. The maximum Gasteiger partial charge on any atom is 0.260 e. The van der Waals surface area contributed by atoms with Crippen molar-refractivity contribution in [2.75, 3.05) is 13.7 Å². The van der Waals surface area contributed by atoms with Crippen LogP contribution >= 0.6 is 0 Å². The summed E-state index contributed by atoms with van der Waals surface area (Å²) in [6.45, 7) is 7.57. The summed E-state index contributed by atoms with van der Waals surface area (Å²) in [6, 6.07) is 5.63. The molecule has 0 spiro atoms. The number of aryl methyl sites for hydroxylation is 1. The van der Waals surface area contributed by atoms with Crippen molar-refractivity contribution in [3.63, 3.8) is 0 Å². The van der Waals surface area contributed by atoms with Gasteiger partial charge in [0.1, 0.15) is 5.75 Å². The van der Waals surface area contributed by atoms with E-state index < -0.39 is 6.10 Å². The molecule has 1 aromatic carbocycles. The first-order chi connectivity index (χ1) is 8.82. The number of carbonyl (C=O) groups is 1. The molecule has 1 N–H and O–H groups in total. The Morgan fingerprint density at radius 1 is 1.37 bits per heavy atom. The molecule has 0 saturated heterocycles. The molecule has 106 valence electrons. The van der Waals surface area contributed by atoms with Crippen molar-refractivity contribution in [2.45, 2.75) is 39.8 Å². The van der Waals surface area contributed by atoms with Crippen LogP contribution in [0.25, 0.3) is 0 Å². The number of nitrogens with zero attached hydrogens (tertiary/aromatic N) is 1. The summed E-state index contributed by atoms with van der Waals surface area (Å²) < 4.78 is 5.53.